The molecule has 0 aromatic heterocycles. The second kappa shape index (κ2) is 7.59. The number of nitrogens with two attached hydrogens (primary N) is 1. The van der Waals surface area contributed by atoms with Crippen molar-refractivity contribution in [1.29, 1.82) is 0 Å². The van der Waals surface area contributed by atoms with E-state index in [1.54, 1.807) is 0 Å². The maximum absolute atomic E-state index is 10.9. The number of hydrogen-bond donors (Lipinski definition) is 1. The van der Waals surface area contributed by atoms with E-state index in [0.29, 0.717) is 12.8 Å². The van der Waals surface area contributed by atoms with Crippen molar-refractivity contribution in [3.05, 3.63) is 0 Å². The molecule has 0 aliphatic carbocycles. The number of rotatable bonds is 6. The molecule has 1 unspecified atom stereocenters. The van der Waals surface area contributed by atoms with Crippen LogP contribution in [-0.4, -0.2) is 13.7 Å². The Morgan fingerprint density at radius 1 is 1.23 bits per heavy atom. The maximum Gasteiger partial charge on any atom is 0.211 e. The number of sulfonamides is 1. The highest BCUT2D eigenvalue weighted by atomic mass is 35.5. The van der Waals surface area contributed by atoms with Crippen molar-refractivity contribution in [3.8, 4) is 0 Å². The lowest BCUT2D eigenvalue weighted by atomic mass is 10.1. The molecule has 0 fully saturated rings. The minimum atomic E-state index is -3.30. The fourth-order valence-electron chi connectivity index (χ4n) is 1.22. The first-order valence-electron chi connectivity index (χ1n) is 4.54. The first-order valence-corrected chi connectivity index (χ1v) is 6.14. The first kappa shape index (κ1) is 15.7. The molecule has 0 aromatic rings. The van der Waals surface area contributed by atoms with Crippen LogP contribution >= 0.6 is 12.4 Å². The van der Waals surface area contributed by atoms with Crippen molar-refractivity contribution in [2.75, 3.05) is 0 Å². The Morgan fingerprint density at radius 2 is 1.77 bits per heavy atom. The molecule has 0 aliphatic heterocycles. The minimum Gasteiger partial charge on any atom is -0.228 e. The maximum atomic E-state index is 10.9. The number of unbranched alkanes of at least 4 members (excludes halogenated alkanes) is 2. The van der Waals surface area contributed by atoms with Gasteiger partial charge in [-0.25, -0.2) is 13.6 Å². The van der Waals surface area contributed by atoms with Crippen molar-refractivity contribution >= 4 is 22.4 Å². The molecule has 0 saturated heterocycles. The van der Waals surface area contributed by atoms with Gasteiger partial charge in [-0.15, -0.1) is 12.4 Å². The molecule has 0 saturated carbocycles. The standard InChI is InChI=1S/C8H19NO2S.ClH/c1-3-5-6-7-8(4-2)12(9,10)11;/h8H,3-7H2,1-2H3,(H2,9,10,11);1H. The molecule has 0 spiro atoms. The predicted molar refractivity (Wildman–Crippen MR) is 58.6 cm³/mol. The van der Waals surface area contributed by atoms with Crippen molar-refractivity contribution < 1.29 is 8.42 Å². The molecule has 0 heterocycles. The summed E-state index contributed by atoms with van der Waals surface area (Å²) in [6.07, 6.45) is 4.50. The van der Waals surface area contributed by atoms with E-state index in [1.165, 1.54) is 0 Å². The molecule has 0 aromatic carbocycles. The molecule has 0 radical (unpaired) electrons. The van der Waals surface area contributed by atoms with Gasteiger partial charge in [0.2, 0.25) is 10.0 Å². The Hall–Kier alpha value is 0.200. The predicted octanol–water partition coefficient (Wildman–Crippen LogP) is 2.06. The highest BCUT2D eigenvalue weighted by Gasteiger charge is 2.17. The summed E-state index contributed by atoms with van der Waals surface area (Å²) in [6, 6.07) is 0. The molecule has 1 atom stereocenters. The van der Waals surface area contributed by atoms with Crippen LogP contribution in [0.25, 0.3) is 0 Å². The normalized spacial score (nSPS) is 13.5. The van der Waals surface area contributed by atoms with Crippen LogP contribution in [0.3, 0.4) is 0 Å². The average Bonchev–Trinajstić information content (AvgIpc) is 1.95. The molecule has 0 bridgehead atoms. The number of halogens is 1. The molecular weight excluding hydrogens is 210 g/mol. The summed E-state index contributed by atoms with van der Waals surface area (Å²) < 4.78 is 21.9. The molecule has 82 valence electrons. The fourth-order valence-corrected chi connectivity index (χ4v) is 2.18. The summed E-state index contributed by atoms with van der Waals surface area (Å²) in [4.78, 5) is 0. The zero-order valence-electron chi connectivity index (χ0n) is 8.32. The molecule has 5 heteroatoms. The van der Waals surface area contributed by atoms with Crippen molar-refractivity contribution in [2.45, 2.75) is 51.2 Å². The second-order valence-corrected chi connectivity index (χ2v) is 4.96. The minimum absolute atomic E-state index is 0. The van der Waals surface area contributed by atoms with Gasteiger partial charge in [0.25, 0.3) is 0 Å². The Bertz CT molecular complexity index is 204. The van der Waals surface area contributed by atoms with E-state index in [2.05, 4.69) is 6.92 Å². The van der Waals surface area contributed by atoms with Crippen LogP contribution in [0.5, 0.6) is 0 Å². The van der Waals surface area contributed by atoms with Gasteiger partial charge >= 0.3 is 0 Å². The van der Waals surface area contributed by atoms with Crippen LogP contribution < -0.4 is 5.14 Å². The van der Waals surface area contributed by atoms with E-state index in [0.717, 1.165) is 19.3 Å². The van der Waals surface area contributed by atoms with E-state index in [1.807, 2.05) is 6.92 Å². The van der Waals surface area contributed by atoms with E-state index in [9.17, 15) is 8.42 Å². The summed E-state index contributed by atoms with van der Waals surface area (Å²) in [5.74, 6) is 0. The molecule has 0 amide bonds. The van der Waals surface area contributed by atoms with E-state index < -0.39 is 10.0 Å². The van der Waals surface area contributed by atoms with Gasteiger partial charge in [0.05, 0.1) is 5.25 Å². The second-order valence-electron chi connectivity index (χ2n) is 3.12. The molecule has 0 aliphatic rings. The van der Waals surface area contributed by atoms with E-state index in [-0.39, 0.29) is 17.7 Å². The Morgan fingerprint density at radius 3 is 2.08 bits per heavy atom. The van der Waals surface area contributed by atoms with Gasteiger partial charge in [-0.2, -0.15) is 0 Å². The third-order valence-electron chi connectivity index (χ3n) is 2.05. The van der Waals surface area contributed by atoms with Crippen molar-refractivity contribution in [2.24, 2.45) is 5.14 Å². The zero-order valence-corrected chi connectivity index (χ0v) is 9.96. The number of hydrogen-bond acceptors (Lipinski definition) is 2. The van der Waals surface area contributed by atoms with E-state index >= 15 is 0 Å². The van der Waals surface area contributed by atoms with Crippen LogP contribution in [0.4, 0.5) is 0 Å². The van der Waals surface area contributed by atoms with E-state index in [4.69, 9.17) is 5.14 Å². The molecule has 0 rings (SSSR count). The highest BCUT2D eigenvalue weighted by molar-refractivity contribution is 7.89. The Balaban J connectivity index is 0. The monoisotopic (exact) mass is 229 g/mol. The average molecular weight is 230 g/mol. The van der Waals surface area contributed by atoms with Crippen LogP contribution in [0.2, 0.25) is 0 Å². The Labute approximate surface area is 87.5 Å². The smallest absolute Gasteiger partial charge is 0.211 e. The Kier molecular flexibility index (Phi) is 9.14. The molecule has 3 nitrogen and oxygen atoms in total. The van der Waals surface area contributed by atoms with Gasteiger partial charge in [-0.05, 0) is 12.8 Å². The summed E-state index contributed by atoms with van der Waals surface area (Å²) in [5, 5.41) is 4.72. The van der Waals surface area contributed by atoms with Crippen LogP contribution in [0.15, 0.2) is 0 Å². The van der Waals surface area contributed by atoms with Crippen LogP contribution in [-0.2, 0) is 10.0 Å². The third-order valence-corrected chi connectivity index (χ3v) is 3.55. The lowest BCUT2D eigenvalue weighted by Crippen LogP contribution is -2.27. The van der Waals surface area contributed by atoms with Crippen molar-refractivity contribution in [3.63, 3.8) is 0 Å². The van der Waals surface area contributed by atoms with Gasteiger partial charge in [-0.1, -0.05) is 33.1 Å². The van der Waals surface area contributed by atoms with Gasteiger partial charge in [0.1, 0.15) is 0 Å². The summed E-state index contributed by atoms with van der Waals surface area (Å²) in [7, 11) is -3.30. The van der Waals surface area contributed by atoms with Crippen LogP contribution in [0.1, 0.15) is 46.0 Å². The SMILES string of the molecule is CCCCCC(CC)S(N)(=O)=O.Cl. The summed E-state index contributed by atoms with van der Waals surface area (Å²) in [5.41, 5.74) is 0. The molecule has 2 N–H and O–H groups in total. The number of primary sulfonamides is 1. The van der Waals surface area contributed by atoms with Gasteiger partial charge in [0.15, 0.2) is 0 Å². The van der Waals surface area contributed by atoms with Gasteiger partial charge < -0.3 is 0 Å². The molecular formula is C8H20ClNO2S. The van der Waals surface area contributed by atoms with Crippen molar-refractivity contribution in [1.82, 2.24) is 0 Å². The first-order chi connectivity index (χ1) is 5.52. The van der Waals surface area contributed by atoms with Gasteiger partial charge in [0, 0.05) is 0 Å². The zero-order chi connectivity index (χ0) is 9.61. The molecule has 13 heavy (non-hydrogen) atoms. The lowest BCUT2D eigenvalue weighted by molar-refractivity contribution is 0.554. The van der Waals surface area contributed by atoms with Crippen LogP contribution in [0, 0.1) is 0 Å². The summed E-state index contributed by atoms with van der Waals surface area (Å²) >= 11 is 0. The topological polar surface area (TPSA) is 60.2 Å². The third kappa shape index (κ3) is 7.28. The highest BCUT2D eigenvalue weighted by Crippen LogP contribution is 2.11. The quantitative estimate of drug-likeness (QED) is 0.709. The largest absolute Gasteiger partial charge is 0.228 e. The summed E-state index contributed by atoms with van der Waals surface area (Å²) in [6.45, 7) is 3.96. The lowest BCUT2D eigenvalue weighted by Gasteiger charge is -2.11. The fraction of sp³-hybridized carbons (Fsp3) is 1.00. The van der Waals surface area contributed by atoms with Gasteiger partial charge in [-0.3, -0.25) is 0 Å².